The molecule has 0 aliphatic heterocycles. The summed E-state index contributed by atoms with van der Waals surface area (Å²) >= 11 is 0. The van der Waals surface area contributed by atoms with Crippen molar-refractivity contribution in [1.29, 1.82) is 0 Å². The highest BCUT2D eigenvalue weighted by Crippen LogP contribution is 2.35. The van der Waals surface area contributed by atoms with E-state index in [1.807, 2.05) is 13.8 Å². The van der Waals surface area contributed by atoms with Crippen LogP contribution in [0.4, 0.5) is 0 Å². The molecule has 1 saturated carbocycles. The van der Waals surface area contributed by atoms with E-state index in [1.54, 1.807) is 0 Å². The summed E-state index contributed by atoms with van der Waals surface area (Å²) in [6.07, 6.45) is 7.19. The van der Waals surface area contributed by atoms with E-state index in [9.17, 15) is 4.79 Å². The smallest absolute Gasteiger partial charge is 0.309 e. The van der Waals surface area contributed by atoms with E-state index in [2.05, 4.69) is 13.8 Å². The van der Waals surface area contributed by atoms with Crippen LogP contribution in [0.3, 0.4) is 0 Å². The third-order valence-electron chi connectivity index (χ3n) is 3.97. The lowest BCUT2D eigenvalue weighted by Gasteiger charge is -2.37. The SMILES string of the molecule is CCC(C)C(=O)OC(C)(C)C1CCCCC1. The Kier molecular flexibility index (Phi) is 4.82. The van der Waals surface area contributed by atoms with Gasteiger partial charge < -0.3 is 4.74 Å². The Hall–Kier alpha value is -0.530. The lowest BCUT2D eigenvalue weighted by molar-refractivity contribution is -0.167. The molecule has 0 bridgehead atoms. The van der Waals surface area contributed by atoms with E-state index in [0.717, 1.165) is 6.42 Å². The second kappa shape index (κ2) is 5.70. The van der Waals surface area contributed by atoms with Crippen LogP contribution in [0.1, 0.15) is 66.2 Å². The van der Waals surface area contributed by atoms with Crippen LogP contribution in [0.5, 0.6) is 0 Å². The van der Waals surface area contributed by atoms with Crippen LogP contribution in [0, 0.1) is 11.8 Å². The fourth-order valence-corrected chi connectivity index (χ4v) is 2.41. The van der Waals surface area contributed by atoms with E-state index in [-0.39, 0.29) is 17.5 Å². The molecule has 1 aliphatic rings. The van der Waals surface area contributed by atoms with Gasteiger partial charge in [0.15, 0.2) is 0 Å². The maximum atomic E-state index is 11.8. The van der Waals surface area contributed by atoms with Gasteiger partial charge in [0.1, 0.15) is 5.60 Å². The minimum absolute atomic E-state index is 0.0296. The molecule has 1 unspecified atom stereocenters. The first kappa shape index (κ1) is 13.5. The molecule has 0 N–H and O–H groups in total. The number of rotatable bonds is 4. The van der Waals surface area contributed by atoms with Gasteiger partial charge in [0.25, 0.3) is 0 Å². The number of ether oxygens (including phenoxy) is 1. The molecular weight excluding hydrogens is 200 g/mol. The molecule has 16 heavy (non-hydrogen) atoms. The van der Waals surface area contributed by atoms with Crippen LogP contribution in [-0.4, -0.2) is 11.6 Å². The minimum atomic E-state index is -0.277. The van der Waals surface area contributed by atoms with E-state index in [4.69, 9.17) is 4.74 Å². The molecule has 1 rings (SSSR count). The van der Waals surface area contributed by atoms with Crippen molar-refractivity contribution in [2.75, 3.05) is 0 Å². The number of carbonyl (C=O) groups is 1. The Morgan fingerprint density at radius 2 is 1.88 bits per heavy atom. The van der Waals surface area contributed by atoms with Crippen molar-refractivity contribution < 1.29 is 9.53 Å². The fourth-order valence-electron chi connectivity index (χ4n) is 2.41. The molecule has 0 heterocycles. The van der Waals surface area contributed by atoms with Crippen molar-refractivity contribution in [3.63, 3.8) is 0 Å². The van der Waals surface area contributed by atoms with E-state index < -0.39 is 0 Å². The Morgan fingerprint density at radius 1 is 1.31 bits per heavy atom. The zero-order valence-electron chi connectivity index (χ0n) is 11.2. The Morgan fingerprint density at radius 3 is 2.38 bits per heavy atom. The predicted octanol–water partition coefficient (Wildman–Crippen LogP) is 3.93. The average Bonchev–Trinajstić information content (AvgIpc) is 2.28. The molecular formula is C14H26O2. The van der Waals surface area contributed by atoms with Gasteiger partial charge in [0.05, 0.1) is 5.92 Å². The lowest BCUT2D eigenvalue weighted by atomic mass is 9.78. The average molecular weight is 226 g/mol. The molecule has 1 fully saturated rings. The molecule has 1 atom stereocenters. The van der Waals surface area contributed by atoms with Gasteiger partial charge in [-0.05, 0) is 39.0 Å². The second-order valence-corrected chi connectivity index (χ2v) is 5.67. The lowest BCUT2D eigenvalue weighted by Crippen LogP contribution is -2.39. The van der Waals surface area contributed by atoms with Gasteiger partial charge in [-0.25, -0.2) is 0 Å². The molecule has 0 saturated heterocycles. The van der Waals surface area contributed by atoms with Crippen LogP contribution in [0.2, 0.25) is 0 Å². The Labute approximate surface area is 99.8 Å². The van der Waals surface area contributed by atoms with Crippen molar-refractivity contribution in [3.05, 3.63) is 0 Å². The van der Waals surface area contributed by atoms with Gasteiger partial charge >= 0.3 is 5.97 Å². The summed E-state index contributed by atoms with van der Waals surface area (Å²) in [4.78, 5) is 11.8. The zero-order valence-corrected chi connectivity index (χ0v) is 11.2. The van der Waals surface area contributed by atoms with E-state index >= 15 is 0 Å². The summed E-state index contributed by atoms with van der Waals surface area (Å²) < 4.78 is 5.69. The Balaban J connectivity index is 2.52. The standard InChI is InChI=1S/C14H26O2/c1-5-11(2)13(15)16-14(3,4)12-9-7-6-8-10-12/h11-12H,5-10H2,1-4H3. The third kappa shape index (κ3) is 3.50. The first-order valence-electron chi connectivity index (χ1n) is 6.70. The number of esters is 1. The summed E-state index contributed by atoms with van der Waals surface area (Å²) in [5, 5.41) is 0. The molecule has 0 spiro atoms. The van der Waals surface area contributed by atoms with Crippen LogP contribution in [0.15, 0.2) is 0 Å². The van der Waals surface area contributed by atoms with Gasteiger partial charge in [-0.2, -0.15) is 0 Å². The highest BCUT2D eigenvalue weighted by atomic mass is 16.6. The quantitative estimate of drug-likeness (QED) is 0.679. The summed E-state index contributed by atoms with van der Waals surface area (Å²) in [5.41, 5.74) is -0.277. The van der Waals surface area contributed by atoms with Crippen LogP contribution in [-0.2, 0) is 9.53 Å². The van der Waals surface area contributed by atoms with Crippen molar-refractivity contribution in [1.82, 2.24) is 0 Å². The van der Waals surface area contributed by atoms with Gasteiger partial charge in [-0.1, -0.05) is 33.1 Å². The largest absolute Gasteiger partial charge is 0.459 e. The maximum absolute atomic E-state index is 11.8. The monoisotopic (exact) mass is 226 g/mol. The van der Waals surface area contributed by atoms with Gasteiger partial charge in [0, 0.05) is 0 Å². The number of hydrogen-bond acceptors (Lipinski definition) is 2. The minimum Gasteiger partial charge on any atom is -0.459 e. The van der Waals surface area contributed by atoms with Crippen molar-refractivity contribution in [2.24, 2.45) is 11.8 Å². The molecule has 0 aromatic carbocycles. The molecule has 0 radical (unpaired) electrons. The van der Waals surface area contributed by atoms with Crippen molar-refractivity contribution in [2.45, 2.75) is 71.8 Å². The fraction of sp³-hybridized carbons (Fsp3) is 0.929. The highest BCUT2D eigenvalue weighted by molar-refractivity contribution is 5.72. The summed E-state index contributed by atoms with van der Waals surface area (Å²) in [6, 6.07) is 0. The first-order chi connectivity index (χ1) is 7.47. The van der Waals surface area contributed by atoms with E-state index in [0.29, 0.717) is 5.92 Å². The summed E-state index contributed by atoms with van der Waals surface area (Å²) in [5.74, 6) is 0.551. The van der Waals surface area contributed by atoms with Gasteiger partial charge in [-0.3, -0.25) is 4.79 Å². The highest BCUT2D eigenvalue weighted by Gasteiger charge is 2.34. The van der Waals surface area contributed by atoms with E-state index in [1.165, 1.54) is 32.1 Å². The van der Waals surface area contributed by atoms with Crippen LogP contribution in [0.25, 0.3) is 0 Å². The molecule has 0 amide bonds. The zero-order chi connectivity index (χ0) is 12.2. The van der Waals surface area contributed by atoms with Gasteiger partial charge in [-0.15, -0.1) is 0 Å². The summed E-state index contributed by atoms with van der Waals surface area (Å²) in [6.45, 7) is 8.12. The van der Waals surface area contributed by atoms with Crippen molar-refractivity contribution in [3.8, 4) is 0 Å². The molecule has 94 valence electrons. The van der Waals surface area contributed by atoms with Crippen LogP contribution >= 0.6 is 0 Å². The molecule has 2 heteroatoms. The molecule has 2 nitrogen and oxygen atoms in total. The van der Waals surface area contributed by atoms with Gasteiger partial charge in [0.2, 0.25) is 0 Å². The molecule has 0 aromatic rings. The number of carbonyl (C=O) groups excluding carboxylic acids is 1. The maximum Gasteiger partial charge on any atom is 0.309 e. The number of hydrogen-bond donors (Lipinski definition) is 0. The second-order valence-electron chi connectivity index (χ2n) is 5.67. The topological polar surface area (TPSA) is 26.3 Å². The van der Waals surface area contributed by atoms with Crippen molar-refractivity contribution >= 4 is 5.97 Å². The molecule has 0 aromatic heterocycles. The molecule has 1 aliphatic carbocycles. The third-order valence-corrected chi connectivity index (χ3v) is 3.97. The van der Waals surface area contributed by atoms with Crippen LogP contribution < -0.4 is 0 Å². The Bertz CT molecular complexity index is 227. The predicted molar refractivity (Wildman–Crippen MR) is 66.2 cm³/mol. The normalized spacial score (nSPS) is 20.5. The summed E-state index contributed by atoms with van der Waals surface area (Å²) in [7, 11) is 0. The first-order valence-corrected chi connectivity index (χ1v) is 6.70.